The van der Waals surface area contributed by atoms with Crippen molar-refractivity contribution in [3.63, 3.8) is 0 Å². The number of carbonyl (C=O) groups excluding carboxylic acids is 3. The fourth-order valence-electron chi connectivity index (χ4n) is 3.97. The largest absolute Gasteiger partial charge is 0.334 e. The maximum atomic E-state index is 13.3. The van der Waals surface area contributed by atoms with Crippen molar-refractivity contribution < 1.29 is 14.4 Å². The molecule has 1 N–H and O–H groups in total. The van der Waals surface area contributed by atoms with Crippen LogP contribution >= 0.6 is 0 Å². The Balaban J connectivity index is 1.53. The highest BCUT2D eigenvalue weighted by Gasteiger charge is 2.51. The maximum Gasteiger partial charge on any atom is 0.325 e. The Labute approximate surface area is 176 Å². The third-order valence-electron chi connectivity index (χ3n) is 6.06. The fourth-order valence-corrected chi connectivity index (χ4v) is 3.97. The summed E-state index contributed by atoms with van der Waals surface area (Å²) in [7, 11) is 0. The number of amides is 4. The predicted octanol–water partition coefficient (Wildman–Crippen LogP) is 2.68. The van der Waals surface area contributed by atoms with E-state index < -0.39 is 17.5 Å². The molecule has 1 saturated carbocycles. The number of nitrogens with zero attached hydrogens (tertiary/aromatic N) is 3. The van der Waals surface area contributed by atoms with Gasteiger partial charge in [0.25, 0.3) is 5.91 Å². The highest BCUT2D eigenvalue weighted by Crippen LogP contribution is 2.36. The topological polar surface area (TPSA) is 82.6 Å². The van der Waals surface area contributed by atoms with Gasteiger partial charge in [-0.2, -0.15) is 0 Å². The zero-order chi connectivity index (χ0) is 21.3. The molecule has 1 aliphatic carbocycles. The van der Waals surface area contributed by atoms with Crippen molar-refractivity contribution in [1.29, 1.82) is 0 Å². The van der Waals surface area contributed by atoms with Crippen LogP contribution in [0.5, 0.6) is 0 Å². The van der Waals surface area contributed by atoms with Crippen molar-refractivity contribution in [3.05, 3.63) is 66.0 Å². The molecule has 0 radical (unpaired) electrons. The summed E-state index contributed by atoms with van der Waals surface area (Å²) in [4.78, 5) is 46.0. The Morgan fingerprint density at radius 1 is 1.20 bits per heavy atom. The smallest absolute Gasteiger partial charge is 0.325 e. The minimum Gasteiger partial charge on any atom is -0.334 e. The quantitative estimate of drug-likeness (QED) is 0.717. The number of pyridine rings is 1. The van der Waals surface area contributed by atoms with Crippen LogP contribution in [0.15, 0.2) is 54.7 Å². The molecule has 7 heteroatoms. The molecule has 1 aliphatic heterocycles. The molecule has 2 atom stereocenters. The molecular formula is C23H26N4O3. The normalized spacial score (nSPS) is 22.0. The highest BCUT2D eigenvalue weighted by atomic mass is 16.2. The van der Waals surface area contributed by atoms with E-state index in [-0.39, 0.29) is 18.5 Å². The van der Waals surface area contributed by atoms with Crippen LogP contribution in [-0.4, -0.2) is 45.2 Å². The van der Waals surface area contributed by atoms with Gasteiger partial charge in [0.1, 0.15) is 6.54 Å². The Hall–Kier alpha value is -3.22. The lowest BCUT2D eigenvalue weighted by molar-refractivity contribution is -0.140. The molecule has 156 valence electrons. The Kier molecular flexibility index (Phi) is 5.28. The van der Waals surface area contributed by atoms with Crippen molar-refractivity contribution in [1.82, 2.24) is 20.1 Å². The first-order valence-corrected chi connectivity index (χ1v) is 10.3. The first kappa shape index (κ1) is 20.1. The molecule has 2 fully saturated rings. The number of benzene rings is 1. The van der Waals surface area contributed by atoms with E-state index in [1.807, 2.05) is 37.3 Å². The summed E-state index contributed by atoms with van der Waals surface area (Å²) >= 11 is 0. The van der Waals surface area contributed by atoms with Crippen molar-refractivity contribution in [2.75, 3.05) is 6.54 Å². The second-order valence-electron chi connectivity index (χ2n) is 8.25. The molecule has 2 aliphatic rings. The van der Waals surface area contributed by atoms with Crippen molar-refractivity contribution in [2.24, 2.45) is 5.92 Å². The third kappa shape index (κ3) is 3.79. The molecule has 1 aromatic carbocycles. The van der Waals surface area contributed by atoms with E-state index in [1.54, 1.807) is 36.2 Å². The molecule has 30 heavy (non-hydrogen) atoms. The number of imide groups is 1. The number of urea groups is 1. The minimum atomic E-state index is -1.27. The van der Waals surface area contributed by atoms with Crippen LogP contribution in [0.3, 0.4) is 0 Å². The van der Waals surface area contributed by atoms with E-state index >= 15 is 0 Å². The number of rotatable bonds is 7. The monoisotopic (exact) mass is 406 g/mol. The average Bonchev–Trinajstić information content (AvgIpc) is 3.58. The molecule has 1 aromatic heterocycles. The maximum absolute atomic E-state index is 13.3. The first-order valence-electron chi connectivity index (χ1n) is 10.3. The van der Waals surface area contributed by atoms with E-state index in [0.717, 1.165) is 23.3 Å². The second-order valence-corrected chi connectivity index (χ2v) is 8.25. The fraction of sp³-hybridized carbons (Fsp3) is 0.391. The molecule has 0 spiro atoms. The molecule has 2 heterocycles. The van der Waals surface area contributed by atoms with Gasteiger partial charge in [-0.3, -0.25) is 19.5 Å². The first-order chi connectivity index (χ1) is 14.4. The molecule has 1 saturated heterocycles. The number of hydrogen-bond acceptors (Lipinski definition) is 4. The van der Waals surface area contributed by atoms with Crippen LogP contribution in [0.4, 0.5) is 4.79 Å². The number of nitrogens with one attached hydrogen (secondary N) is 1. The van der Waals surface area contributed by atoms with Gasteiger partial charge in [0.05, 0.1) is 5.69 Å². The highest BCUT2D eigenvalue weighted by molar-refractivity contribution is 6.09. The van der Waals surface area contributed by atoms with Gasteiger partial charge in [-0.1, -0.05) is 36.4 Å². The zero-order valence-corrected chi connectivity index (χ0v) is 17.2. The van der Waals surface area contributed by atoms with Gasteiger partial charge in [-0.05, 0) is 50.3 Å². The van der Waals surface area contributed by atoms with Gasteiger partial charge >= 0.3 is 6.03 Å². The summed E-state index contributed by atoms with van der Waals surface area (Å²) in [5, 5.41) is 2.71. The second kappa shape index (κ2) is 7.89. The van der Waals surface area contributed by atoms with Crippen LogP contribution in [-0.2, 0) is 21.7 Å². The van der Waals surface area contributed by atoms with E-state index in [1.165, 1.54) is 0 Å². The molecule has 0 bridgehead atoms. The van der Waals surface area contributed by atoms with Crippen molar-refractivity contribution in [3.8, 4) is 0 Å². The summed E-state index contributed by atoms with van der Waals surface area (Å²) in [5.41, 5.74) is 0.199. The van der Waals surface area contributed by atoms with E-state index in [0.29, 0.717) is 18.2 Å². The minimum absolute atomic E-state index is 0.0562. The van der Waals surface area contributed by atoms with Crippen molar-refractivity contribution in [2.45, 2.75) is 44.8 Å². The van der Waals surface area contributed by atoms with Crippen LogP contribution in [0, 0.1) is 5.92 Å². The summed E-state index contributed by atoms with van der Waals surface area (Å²) in [6.07, 6.45) is 3.77. The van der Waals surface area contributed by atoms with Gasteiger partial charge in [0.15, 0.2) is 5.54 Å². The standard InChI is InChI=1S/C23H26N4O3/c1-16(18-11-12-18)26(14-17-8-4-3-5-9-17)20(28)15-27-21(29)23(2,25-22(27)30)19-10-6-7-13-24-19/h3-10,13,16,18H,11-12,14-15H2,1-2H3,(H,25,30). The molecule has 4 amide bonds. The van der Waals surface area contributed by atoms with Gasteiger partial charge in [-0.15, -0.1) is 0 Å². The molecule has 2 unspecified atom stereocenters. The van der Waals surface area contributed by atoms with E-state index in [9.17, 15) is 14.4 Å². The molecule has 7 nitrogen and oxygen atoms in total. The molecular weight excluding hydrogens is 380 g/mol. The van der Waals surface area contributed by atoms with Gasteiger partial charge < -0.3 is 10.2 Å². The van der Waals surface area contributed by atoms with Crippen LogP contribution in [0.2, 0.25) is 0 Å². The van der Waals surface area contributed by atoms with Crippen LogP contribution in [0.25, 0.3) is 0 Å². The zero-order valence-electron chi connectivity index (χ0n) is 17.2. The van der Waals surface area contributed by atoms with Gasteiger partial charge in [0.2, 0.25) is 5.91 Å². The Morgan fingerprint density at radius 2 is 1.90 bits per heavy atom. The van der Waals surface area contributed by atoms with Crippen molar-refractivity contribution >= 4 is 17.8 Å². The number of hydrogen-bond donors (Lipinski definition) is 1. The van der Waals surface area contributed by atoms with Crippen LogP contribution in [0.1, 0.15) is 37.9 Å². The summed E-state index contributed by atoms with van der Waals surface area (Å²) in [5.74, 6) is -0.218. The predicted molar refractivity (Wildman–Crippen MR) is 111 cm³/mol. The number of carbonyl (C=O) groups is 3. The average molecular weight is 406 g/mol. The van der Waals surface area contributed by atoms with Crippen LogP contribution < -0.4 is 5.32 Å². The Bertz CT molecular complexity index is 945. The van der Waals surface area contributed by atoms with E-state index in [4.69, 9.17) is 0 Å². The lowest BCUT2D eigenvalue weighted by Crippen LogP contribution is -2.47. The molecule has 2 aromatic rings. The van der Waals surface area contributed by atoms with Gasteiger partial charge in [-0.25, -0.2) is 4.79 Å². The summed E-state index contributed by atoms with van der Waals surface area (Å²) < 4.78 is 0. The SMILES string of the molecule is CC(C1CC1)N(Cc1ccccc1)C(=O)CN1C(=O)NC(C)(c2ccccn2)C1=O. The van der Waals surface area contributed by atoms with Gasteiger partial charge in [0, 0.05) is 18.8 Å². The lowest BCUT2D eigenvalue weighted by Gasteiger charge is -2.31. The summed E-state index contributed by atoms with van der Waals surface area (Å²) in [6, 6.07) is 14.5. The molecule has 4 rings (SSSR count). The lowest BCUT2D eigenvalue weighted by atomic mass is 9.97. The Morgan fingerprint density at radius 3 is 2.53 bits per heavy atom. The number of aromatic nitrogens is 1. The third-order valence-corrected chi connectivity index (χ3v) is 6.06. The summed E-state index contributed by atoms with van der Waals surface area (Å²) in [6.45, 7) is 3.84. The van der Waals surface area contributed by atoms with E-state index in [2.05, 4.69) is 10.3 Å².